The van der Waals surface area contributed by atoms with Gasteiger partial charge in [-0.1, -0.05) is 0 Å². The average Bonchev–Trinajstić information content (AvgIpc) is 2.97. The zero-order valence-electron chi connectivity index (χ0n) is 12.6. The number of urea groups is 1. The molecule has 0 spiro atoms. The van der Waals surface area contributed by atoms with Crippen molar-refractivity contribution in [2.45, 2.75) is 12.5 Å². The maximum atomic E-state index is 11.6. The molecule has 6 nitrogen and oxygen atoms in total. The number of hydrogen-bond donors (Lipinski definition) is 2. The van der Waals surface area contributed by atoms with Crippen LogP contribution in [-0.2, 0) is 9.47 Å². The van der Waals surface area contributed by atoms with E-state index in [0.29, 0.717) is 19.3 Å². The van der Waals surface area contributed by atoms with E-state index in [1.807, 2.05) is 24.3 Å². The lowest BCUT2D eigenvalue weighted by Gasteiger charge is -2.18. The number of benzene rings is 1. The molecule has 0 bridgehead atoms. The van der Waals surface area contributed by atoms with Gasteiger partial charge in [0.05, 0.1) is 12.7 Å². The minimum Gasteiger partial charge on any atom is -0.383 e. The zero-order valence-corrected chi connectivity index (χ0v) is 12.6. The summed E-state index contributed by atoms with van der Waals surface area (Å²) in [5, 5.41) is 5.50. The Bertz CT molecular complexity index is 450. The number of carbonyl (C=O) groups excluding carboxylic acids is 1. The van der Waals surface area contributed by atoms with E-state index < -0.39 is 0 Å². The van der Waals surface area contributed by atoms with Gasteiger partial charge < -0.3 is 25.0 Å². The van der Waals surface area contributed by atoms with Crippen molar-refractivity contribution in [2.75, 3.05) is 50.7 Å². The van der Waals surface area contributed by atoms with Gasteiger partial charge in [-0.05, 0) is 30.7 Å². The molecular formula is C15H23N3O3. The molecule has 21 heavy (non-hydrogen) atoms. The fourth-order valence-corrected chi connectivity index (χ4v) is 2.35. The van der Waals surface area contributed by atoms with Crippen molar-refractivity contribution in [3.63, 3.8) is 0 Å². The molecule has 1 aromatic carbocycles. The highest BCUT2D eigenvalue weighted by Crippen LogP contribution is 2.23. The van der Waals surface area contributed by atoms with E-state index in [0.717, 1.165) is 30.9 Å². The fraction of sp³-hybridized carbons (Fsp3) is 0.533. The van der Waals surface area contributed by atoms with Crippen LogP contribution in [0, 0.1) is 0 Å². The van der Waals surface area contributed by atoms with Crippen molar-refractivity contribution in [1.82, 2.24) is 5.32 Å². The fourth-order valence-electron chi connectivity index (χ4n) is 2.35. The van der Waals surface area contributed by atoms with Crippen LogP contribution >= 0.6 is 0 Å². The SMILES string of the molecule is COCCNC(=O)Nc1ccc(N2CC[C@H](OC)C2)cc1. The van der Waals surface area contributed by atoms with Crippen LogP contribution < -0.4 is 15.5 Å². The Labute approximate surface area is 125 Å². The van der Waals surface area contributed by atoms with Crippen molar-refractivity contribution >= 4 is 17.4 Å². The minimum absolute atomic E-state index is 0.222. The van der Waals surface area contributed by atoms with E-state index in [2.05, 4.69) is 15.5 Å². The molecule has 0 aromatic heterocycles. The summed E-state index contributed by atoms with van der Waals surface area (Å²) in [5.74, 6) is 0. The number of methoxy groups -OCH3 is 2. The van der Waals surface area contributed by atoms with Gasteiger partial charge in [0.25, 0.3) is 0 Å². The number of nitrogens with zero attached hydrogens (tertiary/aromatic N) is 1. The maximum absolute atomic E-state index is 11.6. The molecule has 1 aliphatic heterocycles. The molecule has 6 heteroatoms. The van der Waals surface area contributed by atoms with Crippen LogP contribution in [0.4, 0.5) is 16.2 Å². The van der Waals surface area contributed by atoms with Gasteiger partial charge in [0, 0.05) is 45.2 Å². The van der Waals surface area contributed by atoms with Gasteiger partial charge in [-0.2, -0.15) is 0 Å². The van der Waals surface area contributed by atoms with Gasteiger partial charge in [0.1, 0.15) is 0 Å². The number of carbonyl (C=O) groups is 1. The Hall–Kier alpha value is -1.79. The summed E-state index contributed by atoms with van der Waals surface area (Å²) in [6, 6.07) is 7.63. The molecule has 1 saturated heterocycles. The summed E-state index contributed by atoms with van der Waals surface area (Å²) in [7, 11) is 3.36. The first-order valence-electron chi connectivity index (χ1n) is 7.14. The zero-order chi connectivity index (χ0) is 15.1. The quantitative estimate of drug-likeness (QED) is 0.783. The monoisotopic (exact) mass is 293 g/mol. The minimum atomic E-state index is -0.222. The molecule has 1 fully saturated rings. The largest absolute Gasteiger partial charge is 0.383 e. The van der Waals surface area contributed by atoms with Gasteiger partial charge >= 0.3 is 6.03 Å². The Morgan fingerprint density at radius 1 is 1.33 bits per heavy atom. The highest BCUT2D eigenvalue weighted by Gasteiger charge is 2.21. The summed E-state index contributed by atoms with van der Waals surface area (Å²) in [5.41, 5.74) is 1.93. The van der Waals surface area contributed by atoms with E-state index in [-0.39, 0.29) is 6.03 Å². The third kappa shape index (κ3) is 4.61. The van der Waals surface area contributed by atoms with Crippen LogP contribution in [-0.4, -0.2) is 52.6 Å². The van der Waals surface area contributed by atoms with E-state index in [9.17, 15) is 4.79 Å². The second kappa shape index (κ2) is 7.85. The van der Waals surface area contributed by atoms with Gasteiger partial charge in [-0.25, -0.2) is 4.79 Å². The Morgan fingerprint density at radius 2 is 2.10 bits per heavy atom. The van der Waals surface area contributed by atoms with E-state index in [1.54, 1.807) is 14.2 Å². The summed E-state index contributed by atoms with van der Waals surface area (Å²) < 4.78 is 10.2. The van der Waals surface area contributed by atoms with Crippen LogP contribution in [0.2, 0.25) is 0 Å². The highest BCUT2D eigenvalue weighted by atomic mass is 16.5. The van der Waals surface area contributed by atoms with E-state index in [4.69, 9.17) is 9.47 Å². The van der Waals surface area contributed by atoms with Gasteiger partial charge in [-0.3, -0.25) is 0 Å². The second-order valence-corrected chi connectivity index (χ2v) is 5.01. The van der Waals surface area contributed by atoms with Gasteiger partial charge in [0.15, 0.2) is 0 Å². The van der Waals surface area contributed by atoms with Crippen LogP contribution in [0.1, 0.15) is 6.42 Å². The van der Waals surface area contributed by atoms with Crippen molar-refractivity contribution in [2.24, 2.45) is 0 Å². The lowest BCUT2D eigenvalue weighted by molar-refractivity contribution is 0.121. The lowest BCUT2D eigenvalue weighted by atomic mass is 10.2. The molecule has 116 valence electrons. The van der Waals surface area contributed by atoms with Crippen molar-refractivity contribution in [3.8, 4) is 0 Å². The molecule has 2 amide bonds. The summed E-state index contributed by atoms with van der Waals surface area (Å²) in [6.45, 7) is 2.91. The third-order valence-electron chi connectivity index (χ3n) is 3.56. The molecular weight excluding hydrogens is 270 g/mol. The molecule has 2 N–H and O–H groups in total. The van der Waals surface area contributed by atoms with Crippen LogP contribution in [0.5, 0.6) is 0 Å². The number of nitrogens with one attached hydrogen (secondary N) is 2. The molecule has 1 heterocycles. The predicted octanol–water partition coefficient (Wildman–Crippen LogP) is 1.68. The van der Waals surface area contributed by atoms with E-state index in [1.165, 1.54) is 0 Å². The first kappa shape index (κ1) is 15.6. The molecule has 1 aliphatic rings. The maximum Gasteiger partial charge on any atom is 0.319 e. The highest BCUT2D eigenvalue weighted by molar-refractivity contribution is 5.89. The van der Waals surface area contributed by atoms with Crippen LogP contribution in [0.25, 0.3) is 0 Å². The number of amides is 2. The number of rotatable bonds is 6. The summed E-state index contributed by atoms with van der Waals surface area (Å²) in [4.78, 5) is 13.9. The molecule has 2 rings (SSSR count). The van der Waals surface area contributed by atoms with Crippen LogP contribution in [0.3, 0.4) is 0 Å². The summed E-state index contributed by atoms with van der Waals surface area (Å²) in [6.07, 6.45) is 1.37. The average molecular weight is 293 g/mol. The number of anilines is 2. The smallest absolute Gasteiger partial charge is 0.319 e. The first-order valence-corrected chi connectivity index (χ1v) is 7.14. The number of ether oxygens (including phenoxy) is 2. The second-order valence-electron chi connectivity index (χ2n) is 5.01. The topological polar surface area (TPSA) is 62.8 Å². The molecule has 0 unspecified atom stereocenters. The third-order valence-corrected chi connectivity index (χ3v) is 3.56. The van der Waals surface area contributed by atoms with Crippen molar-refractivity contribution < 1.29 is 14.3 Å². The standard InChI is InChI=1S/C15H23N3O3/c1-20-10-8-16-15(19)17-12-3-5-13(6-4-12)18-9-7-14(11-18)21-2/h3-6,14H,7-11H2,1-2H3,(H2,16,17,19)/t14-/m0/s1. The first-order chi connectivity index (χ1) is 10.2. The molecule has 0 aliphatic carbocycles. The predicted molar refractivity (Wildman–Crippen MR) is 83.0 cm³/mol. The van der Waals surface area contributed by atoms with E-state index >= 15 is 0 Å². The number of hydrogen-bond acceptors (Lipinski definition) is 4. The normalized spacial score (nSPS) is 17.8. The molecule has 1 atom stereocenters. The Morgan fingerprint density at radius 3 is 2.71 bits per heavy atom. The van der Waals surface area contributed by atoms with Crippen LogP contribution in [0.15, 0.2) is 24.3 Å². The Balaban J connectivity index is 1.83. The summed E-state index contributed by atoms with van der Waals surface area (Å²) >= 11 is 0. The molecule has 0 radical (unpaired) electrons. The van der Waals surface area contributed by atoms with Crippen molar-refractivity contribution in [3.05, 3.63) is 24.3 Å². The molecule has 1 aromatic rings. The van der Waals surface area contributed by atoms with Crippen molar-refractivity contribution in [1.29, 1.82) is 0 Å². The molecule has 0 saturated carbocycles. The van der Waals surface area contributed by atoms with Gasteiger partial charge in [0.2, 0.25) is 0 Å². The Kier molecular flexibility index (Phi) is 5.83. The lowest BCUT2D eigenvalue weighted by Crippen LogP contribution is -2.31. The van der Waals surface area contributed by atoms with Gasteiger partial charge in [-0.15, -0.1) is 0 Å².